The molecule has 80 valence electrons. The average molecular weight is 203 g/mol. The maximum Gasteiger partial charge on any atom is 0.0997 e. The third kappa shape index (κ3) is 1.80. The first-order chi connectivity index (χ1) is 7.26. The highest BCUT2D eigenvalue weighted by Crippen LogP contribution is 2.43. The van der Waals surface area contributed by atoms with E-state index in [1.807, 2.05) is 0 Å². The average Bonchev–Trinajstić information content (AvgIpc) is 2.91. The lowest BCUT2D eigenvalue weighted by Crippen LogP contribution is -2.37. The molecule has 2 saturated heterocycles. The second-order valence-corrected chi connectivity index (χ2v) is 4.89. The van der Waals surface area contributed by atoms with E-state index in [0.717, 1.165) is 13.1 Å². The van der Waals surface area contributed by atoms with Gasteiger partial charge in [0, 0.05) is 19.6 Å². The van der Waals surface area contributed by atoms with E-state index in [2.05, 4.69) is 42.2 Å². The van der Waals surface area contributed by atoms with Crippen molar-refractivity contribution in [1.29, 1.82) is 0 Å². The zero-order valence-corrected chi connectivity index (χ0v) is 9.15. The summed E-state index contributed by atoms with van der Waals surface area (Å²) < 4.78 is 5.69. The Balaban J connectivity index is 1.61. The molecule has 0 spiro atoms. The van der Waals surface area contributed by atoms with E-state index in [9.17, 15) is 0 Å². The van der Waals surface area contributed by atoms with E-state index in [4.69, 9.17) is 4.74 Å². The Morgan fingerprint density at radius 3 is 2.93 bits per heavy atom. The van der Waals surface area contributed by atoms with Crippen LogP contribution < -0.4 is 0 Å². The van der Waals surface area contributed by atoms with Gasteiger partial charge in [0.1, 0.15) is 0 Å². The summed E-state index contributed by atoms with van der Waals surface area (Å²) in [6.45, 7) is 5.57. The molecule has 0 saturated carbocycles. The molecule has 2 aliphatic rings. The molecule has 1 aromatic carbocycles. The SMILES string of the molecule is C[C@@]12CCN(Cc3ccccc3)C[C@H]1O2. The number of benzene rings is 1. The Kier molecular flexibility index (Phi) is 2.08. The minimum absolute atomic E-state index is 0.229. The van der Waals surface area contributed by atoms with Crippen LogP contribution in [0.3, 0.4) is 0 Å². The van der Waals surface area contributed by atoms with Crippen molar-refractivity contribution in [2.45, 2.75) is 31.6 Å². The number of nitrogens with zero attached hydrogens (tertiary/aromatic N) is 1. The number of fused-ring (bicyclic) bond motifs is 1. The molecular formula is C13H17NO. The smallest absolute Gasteiger partial charge is 0.0997 e. The monoisotopic (exact) mass is 203 g/mol. The molecule has 0 radical (unpaired) electrons. The molecule has 0 amide bonds. The summed E-state index contributed by atoms with van der Waals surface area (Å²) in [6, 6.07) is 10.7. The molecule has 0 aliphatic carbocycles. The van der Waals surface area contributed by atoms with E-state index in [0.29, 0.717) is 6.10 Å². The lowest BCUT2D eigenvalue weighted by atomic mass is 9.98. The quantitative estimate of drug-likeness (QED) is 0.684. The van der Waals surface area contributed by atoms with Crippen molar-refractivity contribution >= 4 is 0 Å². The van der Waals surface area contributed by atoms with Crippen molar-refractivity contribution in [3.8, 4) is 0 Å². The summed E-state index contributed by atoms with van der Waals surface area (Å²) >= 11 is 0. The maximum atomic E-state index is 5.69. The molecule has 2 nitrogen and oxygen atoms in total. The molecule has 0 bridgehead atoms. The predicted molar refractivity (Wildman–Crippen MR) is 59.6 cm³/mol. The molecular weight excluding hydrogens is 186 g/mol. The van der Waals surface area contributed by atoms with Gasteiger partial charge in [-0.3, -0.25) is 4.90 Å². The molecule has 2 heteroatoms. The minimum atomic E-state index is 0.229. The first-order valence-electron chi connectivity index (χ1n) is 5.70. The lowest BCUT2D eigenvalue weighted by Gasteiger charge is -2.26. The van der Waals surface area contributed by atoms with Gasteiger partial charge < -0.3 is 4.74 Å². The van der Waals surface area contributed by atoms with Crippen molar-refractivity contribution in [2.24, 2.45) is 0 Å². The highest BCUT2D eigenvalue weighted by molar-refractivity contribution is 5.15. The number of epoxide rings is 1. The van der Waals surface area contributed by atoms with Crippen LogP contribution in [0.25, 0.3) is 0 Å². The van der Waals surface area contributed by atoms with Gasteiger partial charge in [0.25, 0.3) is 0 Å². The highest BCUT2D eigenvalue weighted by atomic mass is 16.6. The van der Waals surface area contributed by atoms with Crippen molar-refractivity contribution in [1.82, 2.24) is 4.90 Å². The van der Waals surface area contributed by atoms with Crippen molar-refractivity contribution < 1.29 is 4.74 Å². The summed E-state index contributed by atoms with van der Waals surface area (Å²) in [4.78, 5) is 2.49. The van der Waals surface area contributed by atoms with Crippen LogP contribution in [0.5, 0.6) is 0 Å². The van der Waals surface area contributed by atoms with Crippen LogP contribution in [-0.4, -0.2) is 29.7 Å². The summed E-state index contributed by atoms with van der Waals surface area (Å²) in [5, 5.41) is 0. The van der Waals surface area contributed by atoms with E-state index in [1.165, 1.54) is 18.5 Å². The molecule has 2 fully saturated rings. The topological polar surface area (TPSA) is 15.8 Å². The largest absolute Gasteiger partial charge is 0.365 e. The number of ether oxygens (including phenoxy) is 1. The number of hydrogen-bond donors (Lipinski definition) is 0. The number of hydrogen-bond acceptors (Lipinski definition) is 2. The highest BCUT2D eigenvalue weighted by Gasteiger charge is 2.54. The molecule has 15 heavy (non-hydrogen) atoms. The van der Waals surface area contributed by atoms with Crippen LogP contribution in [0.15, 0.2) is 30.3 Å². The first kappa shape index (κ1) is 9.37. The van der Waals surface area contributed by atoms with Gasteiger partial charge in [-0.05, 0) is 18.9 Å². The third-order valence-corrected chi connectivity index (χ3v) is 3.63. The van der Waals surface area contributed by atoms with Crippen LogP contribution >= 0.6 is 0 Å². The molecule has 0 aromatic heterocycles. The van der Waals surface area contributed by atoms with Crippen molar-refractivity contribution in [3.05, 3.63) is 35.9 Å². The van der Waals surface area contributed by atoms with Gasteiger partial charge in [0.05, 0.1) is 11.7 Å². The van der Waals surface area contributed by atoms with E-state index >= 15 is 0 Å². The van der Waals surface area contributed by atoms with Crippen LogP contribution in [-0.2, 0) is 11.3 Å². The molecule has 2 aliphatic heterocycles. The van der Waals surface area contributed by atoms with Gasteiger partial charge in [-0.15, -0.1) is 0 Å². The zero-order valence-electron chi connectivity index (χ0n) is 9.15. The predicted octanol–water partition coefficient (Wildman–Crippen LogP) is 2.05. The summed E-state index contributed by atoms with van der Waals surface area (Å²) in [5.41, 5.74) is 1.63. The Labute approximate surface area is 90.8 Å². The second kappa shape index (κ2) is 3.32. The third-order valence-electron chi connectivity index (χ3n) is 3.63. The van der Waals surface area contributed by atoms with E-state index in [1.54, 1.807) is 0 Å². The molecule has 0 unspecified atom stereocenters. The van der Waals surface area contributed by atoms with Crippen LogP contribution in [0.2, 0.25) is 0 Å². The molecule has 0 N–H and O–H groups in total. The summed E-state index contributed by atoms with van der Waals surface area (Å²) in [5.74, 6) is 0. The molecule has 2 heterocycles. The second-order valence-electron chi connectivity index (χ2n) is 4.89. The zero-order chi connectivity index (χ0) is 10.3. The standard InChI is InChI=1S/C13H17NO/c1-13-7-8-14(10-12(13)15-13)9-11-5-3-2-4-6-11/h2-6,12H,7-10H2,1H3/t12-,13-/m1/s1. The Bertz CT molecular complexity index is 351. The molecule has 2 atom stereocenters. The van der Waals surface area contributed by atoms with Gasteiger partial charge >= 0.3 is 0 Å². The van der Waals surface area contributed by atoms with Crippen molar-refractivity contribution in [2.75, 3.05) is 13.1 Å². The van der Waals surface area contributed by atoms with Gasteiger partial charge in [0.2, 0.25) is 0 Å². The number of likely N-dealkylation sites (tertiary alicyclic amines) is 1. The Morgan fingerprint density at radius 2 is 2.20 bits per heavy atom. The van der Waals surface area contributed by atoms with Crippen LogP contribution in [0.4, 0.5) is 0 Å². The first-order valence-corrected chi connectivity index (χ1v) is 5.70. The van der Waals surface area contributed by atoms with Gasteiger partial charge in [0.15, 0.2) is 0 Å². The minimum Gasteiger partial charge on any atom is -0.365 e. The Hall–Kier alpha value is -0.860. The Morgan fingerprint density at radius 1 is 1.40 bits per heavy atom. The lowest BCUT2D eigenvalue weighted by molar-refractivity contribution is 0.223. The fraction of sp³-hybridized carbons (Fsp3) is 0.538. The number of piperidine rings is 1. The van der Waals surface area contributed by atoms with Crippen LogP contribution in [0.1, 0.15) is 18.9 Å². The summed E-state index contributed by atoms with van der Waals surface area (Å²) in [7, 11) is 0. The van der Waals surface area contributed by atoms with Gasteiger partial charge in [-0.25, -0.2) is 0 Å². The van der Waals surface area contributed by atoms with Crippen LogP contribution in [0, 0.1) is 0 Å². The fourth-order valence-corrected chi connectivity index (χ4v) is 2.43. The summed E-state index contributed by atoms with van der Waals surface area (Å²) in [6.07, 6.45) is 1.68. The molecule has 1 aromatic rings. The van der Waals surface area contributed by atoms with Gasteiger partial charge in [-0.2, -0.15) is 0 Å². The van der Waals surface area contributed by atoms with Crippen molar-refractivity contribution in [3.63, 3.8) is 0 Å². The van der Waals surface area contributed by atoms with Gasteiger partial charge in [-0.1, -0.05) is 30.3 Å². The normalized spacial score (nSPS) is 34.9. The molecule has 3 rings (SSSR count). The fourth-order valence-electron chi connectivity index (χ4n) is 2.43. The van der Waals surface area contributed by atoms with E-state index < -0.39 is 0 Å². The maximum absolute atomic E-state index is 5.69. The number of rotatable bonds is 2. The van der Waals surface area contributed by atoms with E-state index in [-0.39, 0.29) is 5.60 Å².